The molecule has 1 saturated heterocycles. The standard InChI is InChI=1S/C14H23NO3S/c1-19(17,18)11-6-13(16)15-10-5-9-14(12-15)7-3-2-4-8-14/h2-3H,4-12H2,1H3. The van der Waals surface area contributed by atoms with Crippen LogP contribution in [0, 0.1) is 5.41 Å². The fraction of sp³-hybridized carbons (Fsp3) is 0.786. The lowest BCUT2D eigenvalue weighted by molar-refractivity contribution is -0.134. The molecule has 5 heteroatoms. The molecule has 1 unspecified atom stereocenters. The molecule has 1 spiro atoms. The van der Waals surface area contributed by atoms with Gasteiger partial charge >= 0.3 is 0 Å². The van der Waals surface area contributed by atoms with Crippen LogP contribution in [0.4, 0.5) is 0 Å². The van der Waals surface area contributed by atoms with Crippen LogP contribution in [0.15, 0.2) is 12.2 Å². The quantitative estimate of drug-likeness (QED) is 0.743. The van der Waals surface area contributed by atoms with Gasteiger partial charge in [0.25, 0.3) is 0 Å². The van der Waals surface area contributed by atoms with Crippen molar-refractivity contribution in [3.8, 4) is 0 Å². The molecule has 1 aliphatic carbocycles. The molecular formula is C14H23NO3S. The molecule has 1 aliphatic heterocycles. The lowest BCUT2D eigenvalue weighted by Crippen LogP contribution is -2.46. The Hall–Kier alpha value is -0.840. The molecule has 2 rings (SSSR count). The second-order valence-corrected chi connectivity index (χ2v) is 8.27. The van der Waals surface area contributed by atoms with E-state index in [2.05, 4.69) is 12.2 Å². The number of carbonyl (C=O) groups excluding carboxylic acids is 1. The van der Waals surface area contributed by atoms with E-state index in [1.807, 2.05) is 4.90 Å². The molecule has 4 nitrogen and oxygen atoms in total. The number of hydrogen-bond acceptors (Lipinski definition) is 3. The lowest BCUT2D eigenvalue weighted by atomic mass is 9.71. The van der Waals surface area contributed by atoms with Crippen molar-refractivity contribution in [1.29, 1.82) is 0 Å². The van der Waals surface area contributed by atoms with E-state index in [4.69, 9.17) is 0 Å². The van der Waals surface area contributed by atoms with Crippen LogP contribution in [-0.4, -0.2) is 44.3 Å². The van der Waals surface area contributed by atoms with Gasteiger partial charge in [0.1, 0.15) is 9.84 Å². The summed E-state index contributed by atoms with van der Waals surface area (Å²) < 4.78 is 22.3. The number of rotatable bonds is 3. The van der Waals surface area contributed by atoms with Crippen molar-refractivity contribution in [3.63, 3.8) is 0 Å². The molecule has 0 N–H and O–H groups in total. The van der Waals surface area contributed by atoms with Crippen LogP contribution in [0.1, 0.15) is 38.5 Å². The van der Waals surface area contributed by atoms with E-state index in [1.165, 1.54) is 12.7 Å². The maximum absolute atomic E-state index is 12.1. The van der Waals surface area contributed by atoms with E-state index in [0.29, 0.717) is 0 Å². The van der Waals surface area contributed by atoms with Crippen LogP contribution in [-0.2, 0) is 14.6 Å². The van der Waals surface area contributed by atoms with Gasteiger partial charge in [-0.25, -0.2) is 8.42 Å². The van der Waals surface area contributed by atoms with Gasteiger partial charge in [0, 0.05) is 25.8 Å². The zero-order chi connectivity index (χ0) is 13.9. The van der Waals surface area contributed by atoms with Gasteiger partial charge in [-0.15, -0.1) is 0 Å². The highest BCUT2D eigenvalue weighted by Crippen LogP contribution is 2.40. The molecule has 1 fully saturated rings. The molecule has 1 atom stereocenters. The largest absolute Gasteiger partial charge is 0.342 e. The SMILES string of the molecule is CS(=O)(=O)CCC(=O)N1CCCC2(CC=CCC2)C1. The number of carbonyl (C=O) groups is 1. The van der Waals surface area contributed by atoms with Crippen molar-refractivity contribution in [2.24, 2.45) is 5.41 Å². The molecule has 0 aromatic heterocycles. The molecule has 0 aromatic rings. The van der Waals surface area contributed by atoms with Gasteiger partial charge in [-0.05, 0) is 37.5 Å². The van der Waals surface area contributed by atoms with Crippen LogP contribution in [0.25, 0.3) is 0 Å². The summed E-state index contributed by atoms with van der Waals surface area (Å²) in [6, 6.07) is 0. The summed E-state index contributed by atoms with van der Waals surface area (Å²) in [7, 11) is -3.05. The highest BCUT2D eigenvalue weighted by Gasteiger charge is 2.36. The molecule has 1 heterocycles. The Kier molecular flexibility index (Phi) is 4.33. The van der Waals surface area contributed by atoms with Crippen molar-refractivity contribution in [2.75, 3.05) is 25.1 Å². The van der Waals surface area contributed by atoms with Crippen LogP contribution < -0.4 is 0 Å². The number of sulfone groups is 1. The predicted octanol–water partition coefficient (Wildman–Crippen LogP) is 1.77. The topological polar surface area (TPSA) is 54.5 Å². The van der Waals surface area contributed by atoms with Crippen molar-refractivity contribution in [2.45, 2.75) is 38.5 Å². The summed E-state index contributed by atoms with van der Waals surface area (Å²) in [4.78, 5) is 14.0. The van der Waals surface area contributed by atoms with Crippen LogP contribution in [0.2, 0.25) is 0 Å². The Balaban J connectivity index is 1.93. The number of allylic oxidation sites excluding steroid dienone is 2. The van der Waals surface area contributed by atoms with E-state index in [0.717, 1.165) is 38.8 Å². The van der Waals surface area contributed by atoms with E-state index >= 15 is 0 Å². The number of hydrogen-bond donors (Lipinski definition) is 0. The highest BCUT2D eigenvalue weighted by molar-refractivity contribution is 7.90. The van der Waals surface area contributed by atoms with Crippen molar-refractivity contribution < 1.29 is 13.2 Å². The summed E-state index contributed by atoms with van der Waals surface area (Å²) in [6.07, 6.45) is 11.3. The number of piperidine rings is 1. The molecule has 0 bridgehead atoms. The predicted molar refractivity (Wildman–Crippen MR) is 75.6 cm³/mol. The second kappa shape index (κ2) is 5.65. The lowest BCUT2D eigenvalue weighted by Gasteiger charge is -2.44. The average Bonchev–Trinajstić information content (AvgIpc) is 2.36. The van der Waals surface area contributed by atoms with Crippen LogP contribution in [0.5, 0.6) is 0 Å². The van der Waals surface area contributed by atoms with Gasteiger partial charge in [-0.2, -0.15) is 0 Å². The third-order valence-electron chi connectivity index (χ3n) is 4.26. The van der Waals surface area contributed by atoms with E-state index < -0.39 is 9.84 Å². The maximum Gasteiger partial charge on any atom is 0.223 e. The Labute approximate surface area is 115 Å². The first kappa shape index (κ1) is 14.6. The minimum absolute atomic E-state index is 0.000877. The fourth-order valence-electron chi connectivity index (χ4n) is 3.17. The molecule has 0 aromatic carbocycles. The van der Waals surface area contributed by atoms with Crippen molar-refractivity contribution in [1.82, 2.24) is 4.90 Å². The zero-order valence-electron chi connectivity index (χ0n) is 11.6. The Morgan fingerprint density at radius 2 is 2.11 bits per heavy atom. The molecule has 0 radical (unpaired) electrons. The first-order valence-electron chi connectivity index (χ1n) is 7.01. The first-order chi connectivity index (χ1) is 8.90. The normalized spacial score (nSPS) is 27.7. The molecular weight excluding hydrogens is 262 g/mol. The number of amides is 1. The highest BCUT2D eigenvalue weighted by atomic mass is 32.2. The third kappa shape index (κ3) is 4.06. The molecule has 0 saturated carbocycles. The molecule has 1 amide bonds. The van der Waals surface area contributed by atoms with E-state index in [1.54, 1.807) is 0 Å². The van der Waals surface area contributed by atoms with Gasteiger partial charge < -0.3 is 4.90 Å². The average molecular weight is 285 g/mol. The van der Waals surface area contributed by atoms with Crippen LogP contribution in [0.3, 0.4) is 0 Å². The summed E-state index contributed by atoms with van der Waals surface area (Å²) in [5.41, 5.74) is 0.258. The van der Waals surface area contributed by atoms with Crippen molar-refractivity contribution in [3.05, 3.63) is 12.2 Å². The summed E-state index contributed by atoms with van der Waals surface area (Å²) >= 11 is 0. The third-order valence-corrected chi connectivity index (χ3v) is 5.21. The monoisotopic (exact) mass is 285 g/mol. The second-order valence-electron chi connectivity index (χ2n) is 6.01. The van der Waals surface area contributed by atoms with Gasteiger partial charge in [0.2, 0.25) is 5.91 Å². The number of nitrogens with zero attached hydrogens (tertiary/aromatic N) is 1. The number of likely N-dealkylation sites (tertiary alicyclic amines) is 1. The fourth-order valence-corrected chi connectivity index (χ4v) is 3.71. The maximum atomic E-state index is 12.1. The minimum atomic E-state index is -3.05. The first-order valence-corrected chi connectivity index (χ1v) is 9.07. The van der Waals surface area contributed by atoms with Gasteiger partial charge in [-0.3, -0.25) is 4.79 Å². The molecule has 108 valence electrons. The summed E-state index contributed by atoms with van der Waals surface area (Å²) in [6.45, 7) is 1.59. The minimum Gasteiger partial charge on any atom is -0.342 e. The summed E-state index contributed by atoms with van der Waals surface area (Å²) in [5, 5.41) is 0. The Morgan fingerprint density at radius 3 is 2.74 bits per heavy atom. The van der Waals surface area contributed by atoms with Crippen molar-refractivity contribution >= 4 is 15.7 Å². The smallest absolute Gasteiger partial charge is 0.223 e. The van der Waals surface area contributed by atoms with Gasteiger partial charge in [0.15, 0.2) is 0 Å². The van der Waals surface area contributed by atoms with E-state index in [9.17, 15) is 13.2 Å². The van der Waals surface area contributed by atoms with E-state index in [-0.39, 0.29) is 23.5 Å². The van der Waals surface area contributed by atoms with Crippen LogP contribution >= 0.6 is 0 Å². The molecule has 2 aliphatic rings. The van der Waals surface area contributed by atoms with Gasteiger partial charge in [-0.1, -0.05) is 12.2 Å². The molecule has 19 heavy (non-hydrogen) atoms. The summed E-state index contributed by atoms with van der Waals surface area (Å²) in [5.74, 6) is -0.0334. The van der Waals surface area contributed by atoms with Gasteiger partial charge in [0.05, 0.1) is 5.75 Å². The Morgan fingerprint density at radius 1 is 1.32 bits per heavy atom. The Bertz CT molecular complexity index is 469. The zero-order valence-corrected chi connectivity index (χ0v) is 12.4.